The Labute approximate surface area is 110 Å². The van der Waals surface area contributed by atoms with Crippen LogP contribution in [0.3, 0.4) is 0 Å². The van der Waals surface area contributed by atoms with E-state index in [-0.39, 0.29) is 5.54 Å². The maximum absolute atomic E-state index is 9.43. The molecule has 1 saturated heterocycles. The predicted molar refractivity (Wildman–Crippen MR) is 73.0 cm³/mol. The maximum atomic E-state index is 9.43. The zero-order chi connectivity index (χ0) is 13.0. The van der Waals surface area contributed by atoms with Gasteiger partial charge in [-0.05, 0) is 62.9 Å². The van der Waals surface area contributed by atoms with E-state index in [0.29, 0.717) is 11.3 Å². The molecular weight excluding hydrogens is 224 g/mol. The number of rotatable bonds is 1. The molecule has 3 heteroatoms. The summed E-state index contributed by atoms with van der Waals surface area (Å²) >= 11 is 0. The SMILES string of the molecule is CC1(C)[C@H]2CC(=NO)[C@](C)(N3CCCCC3)[C@H]1C2. The molecule has 1 heterocycles. The first-order chi connectivity index (χ1) is 8.51. The Morgan fingerprint density at radius 2 is 1.83 bits per heavy atom. The fourth-order valence-electron chi connectivity index (χ4n) is 4.86. The molecule has 3 atom stereocenters. The van der Waals surface area contributed by atoms with E-state index in [1.807, 2.05) is 0 Å². The van der Waals surface area contributed by atoms with E-state index in [1.54, 1.807) is 0 Å². The Balaban J connectivity index is 1.94. The molecule has 1 aliphatic heterocycles. The molecule has 4 aliphatic rings. The Morgan fingerprint density at radius 3 is 2.39 bits per heavy atom. The van der Waals surface area contributed by atoms with E-state index in [1.165, 1.54) is 38.8 Å². The third-order valence-corrected chi connectivity index (χ3v) is 6.31. The van der Waals surface area contributed by atoms with Gasteiger partial charge in [-0.2, -0.15) is 0 Å². The van der Waals surface area contributed by atoms with Gasteiger partial charge in [-0.25, -0.2) is 0 Å². The van der Waals surface area contributed by atoms with Gasteiger partial charge < -0.3 is 5.21 Å². The minimum Gasteiger partial charge on any atom is -0.411 e. The van der Waals surface area contributed by atoms with Gasteiger partial charge in [0.2, 0.25) is 0 Å². The zero-order valence-electron chi connectivity index (χ0n) is 11.9. The van der Waals surface area contributed by atoms with Crippen LogP contribution in [0.4, 0.5) is 0 Å². The molecule has 0 amide bonds. The van der Waals surface area contributed by atoms with Crippen LogP contribution in [0, 0.1) is 17.3 Å². The average molecular weight is 250 g/mol. The van der Waals surface area contributed by atoms with Crippen molar-refractivity contribution in [3.63, 3.8) is 0 Å². The fraction of sp³-hybridized carbons (Fsp3) is 0.933. The minimum atomic E-state index is 0.00736. The van der Waals surface area contributed by atoms with E-state index >= 15 is 0 Å². The molecule has 1 N–H and O–H groups in total. The third kappa shape index (κ3) is 1.43. The summed E-state index contributed by atoms with van der Waals surface area (Å²) in [6, 6.07) is 0. The number of likely N-dealkylation sites (tertiary alicyclic amines) is 1. The Kier molecular flexibility index (Phi) is 2.74. The van der Waals surface area contributed by atoms with E-state index in [0.717, 1.165) is 18.1 Å². The monoisotopic (exact) mass is 250 g/mol. The zero-order valence-corrected chi connectivity index (χ0v) is 11.9. The van der Waals surface area contributed by atoms with Crippen LogP contribution in [0.15, 0.2) is 5.16 Å². The van der Waals surface area contributed by atoms with Gasteiger partial charge >= 0.3 is 0 Å². The van der Waals surface area contributed by atoms with Crippen molar-refractivity contribution in [1.82, 2.24) is 4.90 Å². The first-order valence-electron chi connectivity index (χ1n) is 7.47. The van der Waals surface area contributed by atoms with Crippen molar-refractivity contribution in [1.29, 1.82) is 0 Å². The van der Waals surface area contributed by atoms with Crippen molar-refractivity contribution in [3.8, 4) is 0 Å². The maximum Gasteiger partial charge on any atom is 0.0776 e. The summed E-state index contributed by atoms with van der Waals surface area (Å²) in [5, 5.41) is 13.1. The molecule has 102 valence electrons. The highest BCUT2D eigenvalue weighted by Crippen LogP contribution is 2.63. The second-order valence-corrected chi connectivity index (χ2v) is 7.25. The quantitative estimate of drug-likeness (QED) is 0.573. The third-order valence-electron chi connectivity index (χ3n) is 6.31. The molecule has 0 spiro atoms. The molecule has 4 fully saturated rings. The average Bonchev–Trinajstić information content (AvgIpc) is 2.39. The smallest absolute Gasteiger partial charge is 0.0776 e. The van der Waals surface area contributed by atoms with Gasteiger partial charge in [0, 0.05) is 0 Å². The van der Waals surface area contributed by atoms with Gasteiger partial charge in [0.1, 0.15) is 0 Å². The highest BCUT2D eigenvalue weighted by Gasteiger charge is 2.64. The summed E-state index contributed by atoms with van der Waals surface area (Å²) in [6.45, 7) is 9.49. The summed E-state index contributed by atoms with van der Waals surface area (Å²) < 4.78 is 0. The van der Waals surface area contributed by atoms with Crippen molar-refractivity contribution in [2.24, 2.45) is 22.4 Å². The molecular formula is C15H26N2O. The van der Waals surface area contributed by atoms with Crippen LogP contribution in [0.1, 0.15) is 52.9 Å². The topological polar surface area (TPSA) is 35.8 Å². The number of hydrogen-bond donors (Lipinski definition) is 1. The number of hydrogen-bond acceptors (Lipinski definition) is 3. The molecule has 0 aromatic carbocycles. The van der Waals surface area contributed by atoms with E-state index in [4.69, 9.17) is 0 Å². The largest absolute Gasteiger partial charge is 0.411 e. The second kappa shape index (κ2) is 3.96. The van der Waals surface area contributed by atoms with Crippen LogP contribution in [0.25, 0.3) is 0 Å². The van der Waals surface area contributed by atoms with Gasteiger partial charge in [-0.15, -0.1) is 0 Å². The number of oxime groups is 1. The molecule has 0 aromatic heterocycles. The minimum absolute atomic E-state index is 0.00736. The summed E-state index contributed by atoms with van der Waals surface area (Å²) in [4.78, 5) is 2.60. The van der Waals surface area contributed by atoms with Crippen LogP contribution in [0.2, 0.25) is 0 Å². The van der Waals surface area contributed by atoms with Crippen molar-refractivity contribution in [2.75, 3.05) is 13.1 Å². The standard InChI is InChI=1S/C15H26N2O/c1-14(2)11-9-12(14)15(3,13(10-11)16-18)17-7-5-4-6-8-17/h11-12,18H,4-10H2,1-3H3/t11-,12+,15-/m1/s1. The Bertz CT molecular complexity index is 371. The Hall–Kier alpha value is -0.570. The predicted octanol–water partition coefficient (Wildman–Crippen LogP) is 3.13. The molecule has 3 saturated carbocycles. The van der Waals surface area contributed by atoms with E-state index in [2.05, 4.69) is 30.8 Å². The molecule has 4 rings (SSSR count). The molecule has 18 heavy (non-hydrogen) atoms. The van der Waals surface area contributed by atoms with Crippen LogP contribution in [-0.2, 0) is 0 Å². The van der Waals surface area contributed by atoms with Crippen molar-refractivity contribution in [2.45, 2.75) is 58.4 Å². The van der Waals surface area contributed by atoms with E-state index in [9.17, 15) is 5.21 Å². The lowest BCUT2D eigenvalue weighted by atomic mass is 9.42. The normalized spacial score (nSPS) is 45.8. The summed E-state index contributed by atoms with van der Waals surface area (Å²) in [7, 11) is 0. The van der Waals surface area contributed by atoms with Crippen LogP contribution < -0.4 is 0 Å². The number of piperidine rings is 1. The van der Waals surface area contributed by atoms with Crippen LogP contribution >= 0.6 is 0 Å². The first-order valence-corrected chi connectivity index (χ1v) is 7.47. The number of nitrogens with zero attached hydrogens (tertiary/aromatic N) is 2. The molecule has 0 radical (unpaired) electrons. The highest BCUT2D eigenvalue weighted by molar-refractivity contribution is 5.95. The van der Waals surface area contributed by atoms with Gasteiger partial charge in [0.05, 0.1) is 11.3 Å². The molecule has 3 nitrogen and oxygen atoms in total. The van der Waals surface area contributed by atoms with Crippen LogP contribution in [0.5, 0.6) is 0 Å². The lowest BCUT2D eigenvalue weighted by molar-refractivity contribution is -0.115. The van der Waals surface area contributed by atoms with Gasteiger partial charge in [-0.3, -0.25) is 4.90 Å². The van der Waals surface area contributed by atoms with Gasteiger partial charge in [-0.1, -0.05) is 25.4 Å². The highest BCUT2D eigenvalue weighted by atomic mass is 16.4. The van der Waals surface area contributed by atoms with E-state index < -0.39 is 0 Å². The van der Waals surface area contributed by atoms with Crippen molar-refractivity contribution < 1.29 is 5.21 Å². The second-order valence-electron chi connectivity index (χ2n) is 7.25. The molecule has 0 aromatic rings. The Morgan fingerprint density at radius 1 is 1.17 bits per heavy atom. The summed E-state index contributed by atoms with van der Waals surface area (Å²) in [5.41, 5.74) is 1.47. The lowest BCUT2D eigenvalue weighted by Gasteiger charge is -2.67. The van der Waals surface area contributed by atoms with Gasteiger partial charge in [0.25, 0.3) is 0 Å². The number of fused-ring (bicyclic) bond motifs is 2. The summed E-state index contributed by atoms with van der Waals surface area (Å²) in [5.74, 6) is 1.39. The molecule has 3 aliphatic carbocycles. The molecule has 2 bridgehead atoms. The van der Waals surface area contributed by atoms with Gasteiger partial charge in [0.15, 0.2) is 0 Å². The van der Waals surface area contributed by atoms with Crippen LogP contribution in [-0.4, -0.2) is 34.4 Å². The first kappa shape index (κ1) is 12.5. The van der Waals surface area contributed by atoms with Crippen molar-refractivity contribution >= 4 is 5.71 Å². The molecule has 0 unspecified atom stereocenters. The van der Waals surface area contributed by atoms with Crippen molar-refractivity contribution in [3.05, 3.63) is 0 Å². The fourth-order valence-corrected chi connectivity index (χ4v) is 4.86. The summed E-state index contributed by atoms with van der Waals surface area (Å²) in [6.07, 6.45) is 6.26. The lowest BCUT2D eigenvalue weighted by Crippen LogP contribution is -2.71.